The van der Waals surface area contributed by atoms with Gasteiger partial charge >= 0.3 is 0 Å². The molecule has 0 aliphatic carbocycles. The van der Waals surface area contributed by atoms with Gasteiger partial charge in [0.15, 0.2) is 0 Å². The van der Waals surface area contributed by atoms with E-state index in [1.54, 1.807) is 5.51 Å². The molecule has 116 valence electrons. The second kappa shape index (κ2) is 6.85. The summed E-state index contributed by atoms with van der Waals surface area (Å²) in [6, 6.07) is 5.94. The molecule has 2 aromatic heterocycles. The van der Waals surface area contributed by atoms with Crippen LogP contribution in [0.4, 0.5) is 10.8 Å². The van der Waals surface area contributed by atoms with E-state index in [-0.39, 0.29) is 5.91 Å². The number of pyridine rings is 1. The first-order valence-electron chi connectivity index (χ1n) is 7.30. The van der Waals surface area contributed by atoms with Crippen molar-refractivity contribution in [3.63, 3.8) is 0 Å². The van der Waals surface area contributed by atoms with Crippen LogP contribution in [-0.4, -0.2) is 53.5 Å². The summed E-state index contributed by atoms with van der Waals surface area (Å²) >= 11 is 1.46. The van der Waals surface area contributed by atoms with Crippen molar-refractivity contribution in [1.29, 1.82) is 0 Å². The van der Waals surface area contributed by atoms with Crippen LogP contribution in [0.1, 0.15) is 5.69 Å². The minimum atomic E-state index is 0.0265. The molecule has 0 radical (unpaired) electrons. The summed E-state index contributed by atoms with van der Waals surface area (Å²) in [5.74, 6) is 1.03. The molecule has 0 spiro atoms. The number of aryl methyl sites for hydroxylation is 1. The van der Waals surface area contributed by atoms with E-state index in [0.29, 0.717) is 6.54 Å². The van der Waals surface area contributed by atoms with E-state index in [9.17, 15) is 4.79 Å². The molecule has 0 aromatic carbocycles. The average molecular weight is 317 g/mol. The standard InChI is InChI=1S/C15H19N5OS/c1-12-15(22-11-17-12)18-14(21)10-19-6-8-20(9-7-19)13-4-2-3-5-16-13/h2-5,11H,6-10H2,1H3,(H,18,21). The van der Waals surface area contributed by atoms with Crippen LogP contribution in [-0.2, 0) is 4.79 Å². The van der Waals surface area contributed by atoms with Gasteiger partial charge in [0.2, 0.25) is 5.91 Å². The van der Waals surface area contributed by atoms with Crippen LogP contribution in [0, 0.1) is 6.92 Å². The Hall–Kier alpha value is -1.99. The van der Waals surface area contributed by atoms with Gasteiger partial charge in [0.05, 0.1) is 17.7 Å². The van der Waals surface area contributed by atoms with Gasteiger partial charge in [-0.15, -0.1) is 11.3 Å². The number of carbonyl (C=O) groups excluding carboxylic acids is 1. The quantitative estimate of drug-likeness (QED) is 0.928. The average Bonchev–Trinajstić information content (AvgIpc) is 2.94. The monoisotopic (exact) mass is 317 g/mol. The fourth-order valence-electron chi connectivity index (χ4n) is 2.47. The van der Waals surface area contributed by atoms with Crippen molar-refractivity contribution in [3.8, 4) is 0 Å². The van der Waals surface area contributed by atoms with Gasteiger partial charge in [-0.05, 0) is 19.1 Å². The van der Waals surface area contributed by atoms with Crippen LogP contribution in [0.5, 0.6) is 0 Å². The molecule has 1 amide bonds. The summed E-state index contributed by atoms with van der Waals surface area (Å²) in [5, 5.41) is 3.77. The third-order valence-electron chi connectivity index (χ3n) is 3.71. The molecule has 2 aromatic rings. The second-order valence-electron chi connectivity index (χ2n) is 5.27. The van der Waals surface area contributed by atoms with Crippen LogP contribution in [0.25, 0.3) is 0 Å². The Morgan fingerprint density at radius 2 is 2.09 bits per heavy atom. The van der Waals surface area contributed by atoms with Crippen molar-refractivity contribution in [2.45, 2.75) is 6.92 Å². The van der Waals surface area contributed by atoms with Crippen LogP contribution in [0.15, 0.2) is 29.9 Å². The smallest absolute Gasteiger partial charge is 0.239 e. The number of amides is 1. The molecular weight excluding hydrogens is 298 g/mol. The number of hydrogen-bond acceptors (Lipinski definition) is 6. The van der Waals surface area contributed by atoms with Crippen molar-refractivity contribution in [2.24, 2.45) is 0 Å². The molecule has 0 bridgehead atoms. The number of piperazine rings is 1. The molecule has 1 aliphatic rings. The number of aromatic nitrogens is 2. The zero-order valence-electron chi connectivity index (χ0n) is 12.5. The van der Waals surface area contributed by atoms with Crippen molar-refractivity contribution >= 4 is 28.1 Å². The molecule has 0 unspecified atom stereocenters. The van der Waals surface area contributed by atoms with Gasteiger partial charge in [0.1, 0.15) is 10.8 Å². The first kappa shape index (κ1) is 14.9. The normalized spacial score (nSPS) is 15.8. The van der Waals surface area contributed by atoms with Crippen LogP contribution < -0.4 is 10.2 Å². The molecule has 1 N–H and O–H groups in total. The van der Waals surface area contributed by atoms with Gasteiger partial charge in [-0.3, -0.25) is 9.69 Å². The number of nitrogens with one attached hydrogen (secondary N) is 1. The van der Waals surface area contributed by atoms with Gasteiger partial charge in [0, 0.05) is 32.4 Å². The summed E-state index contributed by atoms with van der Waals surface area (Å²) in [7, 11) is 0. The first-order valence-corrected chi connectivity index (χ1v) is 8.18. The fraction of sp³-hybridized carbons (Fsp3) is 0.400. The summed E-state index contributed by atoms with van der Waals surface area (Å²) in [4.78, 5) is 25.0. The molecule has 6 nitrogen and oxygen atoms in total. The topological polar surface area (TPSA) is 61.4 Å². The Morgan fingerprint density at radius 3 is 2.73 bits per heavy atom. The number of rotatable bonds is 4. The summed E-state index contributed by atoms with van der Waals surface area (Å²) in [5.41, 5.74) is 2.62. The maximum atomic E-state index is 12.1. The predicted octanol–water partition coefficient (Wildman–Crippen LogP) is 1.61. The Labute approximate surface area is 133 Å². The Bertz CT molecular complexity index is 622. The summed E-state index contributed by atoms with van der Waals surface area (Å²) in [6.45, 7) is 5.84. The highest BCUT2D eigenvalue weighted by Gasteiger charge is 2.20. The van der Waals surface area contributed by atoms with Crippen molar-refractivity contribution in [2.75, 3.05) is 42.9 Å². The molecule has 0 atom stereocenters. The first-order chi connectivity index (χ1) is 10.7. The Balaban J connectivity index is 1.48. The third-order valence-corrected chi connectivity index (χ3v) is 4.56. The molecule has 1 aliphatic heterocycles. The molecule has 22 heavy (non-hydrogen) atoms. The van der Waals surface area contributed by atoms with Gasteiger partial charge < -0.3 is 10.2 Å². The highest BCUT2D eigenvalue weighted by atomic mass is 32.1. The van der Waals surface area contributed by atoms with Crippen molar-refractivity contribution < 1.29 is 4.79 Å². The minimum Gasteiger partial charge on any atom is -0.354 e. The fourth-order valence-corrected chi connectivity index (χ4v) is 3.18. The maximum Gasteiger partial charge on any atom is 0.239 e. The molecule has 1 saturated heterocycles. The van der Waals surface area contributed by atoms with Crippen molar-refractivity contribution in [3.05, 3.63) is 35.6 Å². The lowest BCUT2D eigenvalue weighted by Gasteiger charge is -2.34. The van der Waals surface area contributed by atoms with Gasteiger partial charge in [-0.25, -0.2) is 9.97 Å². The lowest BCUT2D eigenvalue weighted by Crippen LogP contribution is -2.48. The van der Waals surface area contributed by atoms with E-state index in [4.69, 9.17) is 0 Å². The molecule has 3 rings (SSSR count). The lowest BCUT2D eigenvalue weighted by atomic mass is 10.3. The van der Waals surface area contributed by atoms with E-state index in [1.165, 1.54) is 11.3 Å². The maximum absolute atomic E-state index is 12.1. The Kier molecular flexibility index (Phi) is 4.65. The molecule has 0 saturated carbocycles. The zero-order chi connectivity index (χ0) is 15.4. The third kappa shape index (κ3) is 3.61. The number of anilines is 2. The SMILES string of the molecule is Cc1ncsc1NC(=O)CN1CCN(c2ccccn2)CC1. The Morgan fingerprint density at radius 1 is 1.27 bits per heavy atom. The zero-order valence-corrected chi connectivity index (χ0v) is 13.3. The van der Waals surface area contributed by atoms with Gasteiger partial charge in [-0.1, -0.05) is 6.07 Å². The highest BCUT2D eigenvalue weighted by Crippen LogP contribution is 2.18. The van der Waals surface area contributed by atoms with Crippen LogP contribution in [0.3, 0.4) is 0 Å². The molecular formula is C15H19N5OS. The lowest BCUT2D eigenvalue weighted by molar-refractivity contribution is -0.117. The van der Waals surface area contributed by atoms with Gasteiger partial charge in [0.25, 0.3) is 0 Å². The predicted molar refractivity (Wildman–Crippen MR) is 88.4 cm³/mol. The summed E-state index contributed by atoms with van der Waals surface area (Å²) in [6.07, 6.45) is 1.81. The number of hydrogen-bond donors (Lipinski definition) is 1. The van der Waals surface area contributed by atoms with Crippen molar-refractivity contribution in [1.82, 2.24) is 14.9 Å². The number of thiazole rings is 1. The van der Waals surface area contributed by atoms with E-state index >= 15 is 0 Å². The van der Waals surface area contributed by atoms with Crippen LogP contribution in [0.2, 0.25) is 0 Å². The summed E-state index contributed by atoms with van der Waals surface area (Å²) < 4.78 is 0. The van der Waals surface area contributed by atoms with E-state index in [2.05, 4.69) is 25.1 Å². The van der Waals surface area contributed by atoms with E-state index < -0.39 is 0 Å². The second-order valence-corrected chi connectivity index (χ2v) is 6.12. The van der Waals surface area contributed by atoms with Crippen LogP contribution >= 0.6 is 11.3 Å². The van der Waals surface area contributed by atoms with E-state index in [0.717, 1.165) is 42.7 Å². The highest BCUT2D eigenvalue weighted by molar-refractivity contribution is 7.14. The minimum absolute atomic E-state index is 0.0265. The molecule has 3 heterocycles. The number of carbonyl (C=O) groups is 1. The largest absolute Gasteiger partial charge is 0.354 e. The van der Waals surface area contributed by atoms with Gasteiger partial charge in [-0.2, -0.15) is 0 Å². The molecule has 1 fully saturated rings. The van der Waals surface area contributed by atoms with E-state index in [1.807, 2.05) is 31.3 Å². The molecule has 7 heteroatoms. The number of nitrogens with zero attached hydrogens (tertiary/aromatic N) is 4.